The van der Waals surface area contributed by atoms with E-state index in [1.54, 1.807) is 13.8 Å². The maximum atomic E-state index is 13.6. The van der Waals surface area contributed by atoms with E-state index in [0.717, 1.165) is 12.8 Å². The van der Waals surface area contributed by atoms with E-state index in [1.807, 2.05) is 0 Å². The van der Waals surface area contributed by atoms with Gasteiger partial charge in [-0.15, -0.1) is 0 Å². The predicted molar refractivity (Wildman–Crippen MR) is 65.7 cm³/mol. The van der Waals surface area contributed by atoms with Crippen LogP contribution in [-0.2, 0) is 6.18 Å². The van der Waals surface area contributed by atoms with Crippen molar-refractivity contribution in [3.8, 4) is 0 Å². The first-order valence-electron chi connectivity index (χ1n) is 6.30. The van der Waals surface area contributed by atoms with Crippen LogP contribution >= 0.6 is 0 Å². The highest BCUT2D eigenvalue weighted by Gasteiger charge is 2.39. The predicted octanol–water partition coefficient (Wildman–Crippen LogP) is 3.76. The molecule has 1 aliphatic carbocycles. The van der Waals surface area contributed by atoms with Gasteiger partial charge in [0.25, 0.3) is 5.91 Å². The van der Waals surface area contributed by atoms with Gasteiger partial charge in [-0.2, -0.15) is 13.2 Å². The lowest BCUT2D eigenvalue weighted by molar-refractivity contribution is -0.137. The van der Waals surface area contributed by atoms with Crippen molar-refractivity contribution in [2.75, 3.05) is 0 Å². The van der Waals surface area contributed by atoms with Gasteiger partial charge in [0.15, 0.2) is 0 Å². The zero-order valence-electron chi connectivity index (χ0n) is 11.1. The minimum absolute atomic E-state index is 0.292. The average Bonchev–Trinajstić information content (AvgIpc) is 3.10. The minimum Gasteiger partial charge on any atom is -0.347 e. The van der Waals surface area contributed by atoms with Gasteiger partial charge in [-0.1, -0.05) is 0 Å². The summed E-state index contributed by atoms with van der Waals surface area (Å²) in [5, 5.41) is 2.61. The summed E-state index contributed by atoms with van der Waals surface area (Å²) < 4.78 is 51.3. The van der Waals surface area contributed by atoms with Gasteiger partial charge in [0.2, 0.25) is 0 Å². The van der Waals surface area contributed by atoms with Crippen LogP contribution in [0.15, 0.2) is 18.2 Å². The molecule has 110 valence electrons. The molecule has 0 radical (unpaired) electrons. The zero-order chi connectivity index (χ0) is 15.1. The third-order valence-corrected chi connectivity index (χ3v) is 3.57. The van der Waals surface area contributed by atoms with Gasteiger partial charge < -0.3 is 5.32 Å². The van der Waals surface area contributed by atoms with Crippen molar-refractivity contribution in [1.29, 1.82) is 0 Å². The highest BCUT2D eigenvalue weighted by Crippen LogP contribution is 2.39. The van der Waals surface area contributed by atoms with Crippen molar-refractivity contribution in [2.24, 2.45) is 5.92 Å². The van der Waals surface area contributed by atoms with Crippen molar-refractivity contribution in [2.45, 2.75) is 38.4 Å². The molecule has 0 unspecified atom stereocenters. The molecule has 20 heavy (non-hydrogen) atoms. The van der Waals surface area contributed by atoms with Crippen molar-refractivity contribution >= 4 is 5.91 Å². The first-order valence-corrected chi connectivity index (χ1v) is 6.30. The standard InChI is InChI=1S/C14H15F4NO/c1-13(2,8-3-4-8)19-12(20)10-7-9(14(16,17)18)5-6-11(10)15/h5-8H,3-4H2,1-2H3,(H,19,20). The van der Waals surface area contributed by atoms with Gasteiger partial charge in [-0.3, -0.25) is 4.79 Å². The molecule has 1 fully saturated rings. The molecule has 0 atom stereocenters. The van der Waals surface area contributed by atoms with Crippen LogP contribution in [0.3, 0.4) is 0 Å². The zero-order valence-corrected chi connectivity index (χ0v) is 11.1. The number of carbonyl (C=O) groups is 1. The number of hydrogen-bond donors (Lipinski definition) is 1. The van der Waals surface area contributed by atoms with Crippen LogP contribution in [0, 0.1) is 11.7 Å². The molecule has 0 spiro atoms. The lowest BCUT2D eigenvalue weighted by atomic mass is 9.97. The van der Waals surface area contributed by atoms with E-state index in [1.165, 1.54) is 0 Å². The van der Waals surface area contributed by atoms with Gasteiger partial charge in [0.1, 0.15) is 5.82 Å². The van der Waals surface area contributed by atoms with Crippen LogP contribution in [0.2, 0.25) is 0 Å². The maximum Gasteiger partial charge on any atom is 0.416 e. The Morgan fingerprint density at radius 3 is 2.35 bits per heavy atom. The Bertz CT molecular complexity index is 532. The number of rotatable bonds is 3. The van der Waals surface area contributed by atoms with Gasteiger partial charge in [0, 0.05) is 5.54 Å². The number of hydrogen-bond acceptors (Lipinski definition) is 1. The molecule has 1 aromatic rings. The molecule has 1 amide bonds. The number of alkyl halides is 3. The summed E-state index contributed by atoms with van der Waals surface area (Å²) in [4.78, 5) is 12.0. The minimum atomic E-state index is -4.60. The largest absolute Gasteiger partial charge is 0.416 e. The summed E-state index contributed by atoms with van der Waals surface area (Å²) in [6.07, 6.45) is -2.69. The van der Waals surface area contributed by atoms with Crippen molar-refractivity contribution in [3.05, 3.63) is 35.1 Å². The molecule has 1 saturated carbocycles. The Hall–Kier alpha value is -1.59. The lowest BCUT2D eigenvalue weighted by Crippen LogP contribution is -2.45. The van der Waals surface area contributed by atoms with Gasteiger partial charge in [-0.05, 0) is 50.8 Å². The van der Waals surface area contributed by atoms with Crippen LogP contribution in [0.4, 0.5) is 17.6 Å². The summed E-state index contributed by atoms with van der Waals surface area (Å²) in [5.41, 5.74) is -2.15. The van der Waals surface area contributed by atoms with Crippen LogP contribution in [0.25, 0.3) is 0 Å². The van der Waals surface area contributed by atoms with E-state index in [4.69, 9.17) is 0 Å². The number of halogens is 4. The van der Waals surface area contributed by atoms with E-state index in [0.29, 0.717) is 24.1 Å². The van der Waals surface area contributed by atoms with Crippen molar-refractivity contribution < 1.29 is 22.4 Å². The van der Waals surface area contributed by atoms with E-state index < -0.39 is 34.6 Å². The van der Waals surface area contributed by atoms with Crippen molar-refractivity contribution in [3.63, 3.8) is 0 Å². The van der Waals surface area contributed by atoms with Crippen LogP contribution in [0.5, 0.6) is 0 Å². The lowest BCUT2D eigenvalue weighted by Gasteiger charge is -2.26. The second-order valence-corrected chi connectivity index (χ2v) is 5.64. The number of nitrogens with one attached hydrogen (secondary N) is 1. The molecule has 1 N–H and O–H groups in total. The first-order chi connectivity index (χ1) is 9.11. The molecular weight excluding hydrogens is 274 g/mol. The van der Waals surface area contributed by atoms with Gasteiger partial charge >= 0.3 is 6.18 Å². The average molecular weight is 289 g/mol. The van der Waals surface area contributed by atoms with Crippen LogP contribution in [0.1, 0.15) is 42.6 Å². The molecule has 0 heterocycles. The third kappa shape index (κ3) is 3.11. The van der Waals surface area contributed by atoms with Gasteiger partial charge in [0.05, 0.1) is 11.1 Å². The third-order valence-electron chi connectivity index (χ3n) is 3.57. The van der Waals surface area contributed by atoms with Crippen LogP contribution < -0.4 is 5.32 Å². The smallest absolute Gasteiger partial charge is 0.347 e. The molecule has 0 saturated heterocycles. The monoisotopic (exact) mass is 289 g/mol. The number of amides is 1. The topological polar surface area (TPSA) is 29.1 Å². The molecule has 0 aliphatic heterocycles. The Labute approximate surface area is 114 Å². The fourth-order valence-electron chi connectivity index (χ4n) is 2.14. The Kier molecular flexibility index (Phi) is 3.52. The van der Waals surface area contributed by atoms with E-state index in [9.17, 15) is 22.4 Å². The molecule has 2 nitrogen and oxygen atoms in total. The molecule has 2 rings (SSSR count). The molecule has 0 bridgehead atoms. The Morgan fingerprint density at radius 1 is 1.25 bits per heavy atom. The number of carbonyl (C=O) groups excluding carboxylic acids is 1. The molecular formula is C14H15F4NO. The summed E-state index contributed by atoms with van der Waals surface area (Å²) in [6, 6.07) is 1.84. The highest BCUT2D eigenvalue weighted by atomic mass is 19.4. The van der Waals surface area contributed by atoms with E-state index >= 15 is 0 Å². The molecule has 6 heteroatoms. The summed E-state index contributed by atoms with van der Waals surface area (Å²) in [5.74, 6) is -1.48. The fraction of sp³-hybridized carbons (Fsp3) is 0.500. The quantitative estimate of drug-likeness (QED) is 0.843. The number of benzene rings is 1. The molecule has 0 aromatic heterocycles. The second kappa shape index (κ2) is 4.75. The SMILES string of the molecule is CC(C)(NC(=O)c1cc(C(F)(F)F)ccc1F)C1CC1. The summed E-state index contributed by atoms with van der Waals surface area (Å²) >= 11 is 0. The molecule has 1 aliphatic rings. The summed E-state index contributed by atoms with van der Waals surface area (Å²) in [6.45, 7) is 3.57. The van der Waals surface area contributed by atoms with E-state index in [2.05, 4.69) is 5.32 Å². The Morgan fingerprint density at radius 2 is 1.85 bits per heavy atom. The summed E-state index contributed by atoms with van der Waals surface area (Å²) in [7, 11) is 0. The highest BCUT2D eigenvalue weighted by molar-refractivity contribution is 5.95. The van der Waals surface area contributed by atoms with Gasteiger partial charge in [-0.25, -0.2) is 4.39 Å². The normalized spacial score (nSPS) is 16.1. The maximum absolute atomic E-state index is 13.6. The molecule has 1 aromatic carbocycles. The van der Waals surface area contributed by atoms with Crippen molar-refractivity contribution in [1.82, 2.24) is 5.32 Å². The second-order valence-electron chi connectivity index (χ2n) is 5.64. The fourth-order valence-corrected chi connectivity index (χ4v) is 2.14. The van der Waals surface area contributed by atoms with Crippen LogP contribution in [-0.4, -0.2) is 11.4 Å². The van der Waals surface area contributed by atoms with E-state index in [-0.39, 0.29) is 0 Å². The Balaban J connectivity index is 2.25. The first kappa shape index (κ1) is 14.8.